The van der Waals surface area contributed by atoms with Gasteiger partial charge in [-0.3, -0.25) is 19.3 Å². The highest BCUT2D eigenvalue weighted by Gasteiger charge is 2.23. The fourth-order valence-corrected chi connectivity index (χ4v) is 2.54. The molecule has 1 aromatic rings. The molecule has 0 saturated carbocycles. The highest BCUT2D eigenvalue weighted by molar-refractivity contribution is 5.94. The van der Waals surface area contributed by atoms with Gasteiger partial charge in [0.1, 0.15) is 0 Å². The number of aromatic nitrogens is 1. The van der Waals surface area contributed by atoms with Crippen molar-refractivity contribution in [3.8, 4) is 0 Å². The molecule has 7 nitrogen and oxygen atoms in total. The SMILES string of the molecule is CC(C)NC(=O)CN1CCN(C(=O)c2ccn(C)c(=O)c2)CC1. The van der Waals surface area contributed by atoms with E-state index in [0.29, 0.717) is 38.3 Å². The number of piperazine rings is 1. The Kier molecular flexibility index (Phi) is 5.54. The molecular weight excluding hydrogens is 296 g/mol. The zero-order valence-corrected chi connectivity index (χ0v) is 13.9. The third-order valence-corrected chi connectivity index (χ3v) is 3.83. The van der Waals surface area contributed by atoms with E-state index < -0.39 is 0 Å². The number of carbonyl (C=O) groups excluding carboxylic acids is 2. The van der Waals surface area contributed by atoms with Crippen LogP contribution in [0.1, 0.15) is 24.2 Å². The van der Waals surface area contributed by atoms with Crippen molar-refractivity contribution < 1.29 is 9.59 Å². The van der Waals surface area contributed by atoms with Gasteiger partial charge in [-0.1, -0.05) is 0 Å². The molecule has 0 aromatic carbocycles. The summed E-state index contributed by atoms with van der Waals surface area (Å²) in [5.74, 6) is -0.125. The third kappa shape index (κ3) is 4.66. The summed E-state index contributed by atoms with van der Waals surface area (Å²) in [7, 11) is 1.65. The van der Waals surface area contributed by atoms with E-state index in [9.17, 15) is 14.4 Å². The van der Waals surface area contributed by atoms with E-state index in [1.165, 1.54) is 10.6 Å². The lowest BCUT2D eigenvalue weighted by molar-refractivity contribution is -0.123. The second kappa shape index (κ2) is 7.41. The monoisotopic (exact) mass is 320 g/mol. The van der Waals surface area contributed by atoms with Crippen LogP contribution in [0.4, 0.5) is 0 Å². The molecule has 1 aromatic heterocycles. The van der Waals surface area contributed by atoms with E-state index >= 15 is 0 Å². The second-order valence-corrected chi connectivity index (χ2v) is 6.16. The number of nitrogens with one attached hydrogen (secondary N) is 1. The van der Waals surface area contributed by atoms with Crippen LogP contribution in [0.2, 0.25) is 0 Å². The van der Waals surface area contributed by atoms with Crippen LogP contribution in [-0.2, 0) is 11.8 Å². The fraction of sp³-hybridized carbons (Fsp3) is 0.562. The lowest BCUT2D eigenvalue weighted by Gasteiger charge is -2.34. The smallest absolute Gasteiger partial charge is 0.254 e. The fourth-order valence-electron chi connectivity index (χ4n) is 2.54. The van der Waals surface area contributed by atoms with Gasteiger partial charge in [0.25, 0.3) is 11.5 Å². The molecule has 0 spiro atoms. The number of nitrogens with zero attached hydrogens (tertiary/aromatic N) is 3. The van der Waals surface area contributed by atoms with Crippen molar-refractivity contribution >= 4 is 11.8 Å². The minimum atomic E-state index is -0.195. The zero-order valence-electron chi connectivity index (χ0n) is 13.9. The predicted octanol–water partition coefficient (Wildman–Crippen LogP) is -0.332. The standard InChI is InChI=1S/C16H24N4O3/c1-12(2)17-14(21)11-19-6-8-20(9-7-19)16(23)13-4-5-18(3)15(22)10-13/h4-5,10,12H,6-9,11H2,1-3H3,(H,17,21). The molecule has 2 heterocycles. The van der Waals surface area contributed by atoms with Crippen LogP contribution in [0, 0.1) is 0 Å². The van der Waals surface area contributed by atoms with Crippen molar-refractivity contribution in [1.29, 1.82) is 0 Å². The summed E-state index contributed by atoms with van der Waals surface area (Å²) in [5, 5.41) is 2.86. The Balaban J connectivity index is 1.88. The van der Waals surface area contributed by atoms with E-state index in [4.69, 9.17) is 0 Å². The Bertz CT molecular complexity index is 630. The van der Waals surface area contributed by atoms with Crippen molar-refractivity contribution in [2.45, 2.75) is 19.9 Å². The van der Waals surface area contributed by atoms with Gasteiger partial charge >= 0.3 is 0 Å². The molecule has 23 heavy (non-hydrogen) atoms. The highest BCUT2D eigenvalue weighted by Crippen LogP contribution is 2.07. The average Bonchev–Trinajstić information content (AvgIpc) is 2.49. The van der Waals surface area contributed by atoms with E-state index in [2.05, 4.69) is 5.32 Å². The Morgan fingerprint density at radius 1 is 1.22 bits per heavy atom. The van der Waals surface area contributed by atoms with Gasteiger partial charge in [-0.25, -0.2) is 0 Å². The molecule has 1 saturated heterocycles. The van der Waals surface area contributed by atoms with Crippen molar-refractivity contribution in [2.24, 2.45) is 7.05 Å². The largest absolute Gasteiger partial charge is 0.353 e. The van der Waals surface area contributed by atoms with Gasteiger partial charge in [0, 0.05) is 57.1 Å². The number of amides is 2. The highest BCUT2D eigenvalue weighted by atomic mass is 16.2. The molecule has 0 bridgehead atoms. The van der Waals surface area contributed by atoms with Crippen LogP contribution in [0.25, 0.3) is 0 Å². The van der Waals surface area contributed by atoms with Gasteiger partial charge in [0.15, 0.2) is 0 Å². The Morgan fingerprint density at radius 2 is 1.87 bits per heavy atom. The third-order valence-electron chi connectivity index (χ3n) is 3.83. The normalized spacial score (nSPS) is 15.7. The number of hydrogen-bond donors (Lipinski definition) is 1. The lowest BCUT2D eigenvalue weighted by Crippen LogP contribution is -2.51. The summed E-state index contributed by atoms with van der Waals surface area (Å²) in [6.07, 6.45) is 1.60. The van der Waals surface area contributed by atoms with Gasteiger partial charge in [0.05, 0.1) is 6.54 Å². The van der Waals surface area contributed by atoms with Crippen LogP contribution < -0.4 is 10.9 Å². The van der Waals surface area contributed by atoms with E-state index in [1.807, 2.05) is 18.7 Å². The number of hydrogen-bond acceptors (Lipinski definition) is 4. The molecule has 0 atom stereocenters. The van der Waals surface area contributed by atoms with E-state index in [-0.39, 0.29) is 23.4 Å². The van der Waals surface area contributed by atoms with Crippen LogP contribution in [0.3, 0.4) is 0 Å². The topological polar surface area (TPSA) is 74.7 Å². The molecule has 0 aliphatic carbocycles. The number of carbonyl (C=O) groups is 2. The molecule has 0 radical (unpaired) electrons. The van der Waals surface area contributed by atoms with Crippen LogP contribution in [0.5, 0.6) is 0 Å². The van der Waals surface area contributed by atoms with Crippen molar-refractivity contribution in [2.75, 3.05) is 32.7 Å². The van der Waals surface area contributed by atoms with Crippen LogP contribution in [-0.4, -0.2) is 64.9 Å². The maximum atomic E-state index is 12.4. The van der Waals surface area contributed by atoms with E-state index in [0.717, 1.165) is 0 Å². The van der Waals surface area contributed by atoms with Crippen molar-refractivity contribution in [3.05, 3.63) is 34.2 Å². The minimum Gasteiger partial charge on any atom is -0.353 e. The van der Waals surface area contributed by atoms with Gasteiger partial charge in [-0.2, -0.15) is 0 Å². The Labute approximate surface area is 135 Å². The van der Waals surface area contributed by atoms with Gasteiger partial charge in [0.2, 0.25) is 5.91 Å². The Hall–Kier alpha value is -2.15. The van der Waals surface area contributed by atoms with Crippen molar-refractivity contribution in [1.82, 2.24) is 19.7 Å². The molecule has 1 N–H and O–H groups in total. The Morgan fingerprint density at radius 3 is 2.43 bits per heavy atom. The molecule has 2 rings (SSSR count). The van der Waals surface area contributed by atoms with Crippen LogP contribution >= 0.6 is 0 Å². The molecule has 1 fully saturated rings. The molecule has 0 unspecified atom stereocenters. The maximum Gasteiger partial charge on any atom is 0.254 e. The summed E-state index contributed by atoms with van der Waals surface area (Å²) in [6.45, 7) is 6.64. The van der Waals surface area contributed by atoms with Gasteiger partial charge in [-0.05, 0) is 19.9 Å². The van der Waals surface area contributed by atoms with E-state index in [1.54, 1.807) is 24.2 Å². The first kappa shape index (κ1) is 17.2. The summed E-state index contributed by atoms with van der Waals surface area (Å²) in [5.41, 5.74) is 0.221. The predicted molar refractivity (Wildman–Crippen MR) is 87.3 cm³/mol. The number of aryl methyl sites for hydroxylation is 1. The lowest BCUT2D eigenvalue weighted by atomic mass is 10.2. The molecule has 7 heteroatoms. The van der Waals surface area contributed by atoms with Crippen molar-refractivity contribution in [3.63, 3.8) is 0 Å². The first-order valence-corrected chi connectivity index (χ1v) is 7.84. The minimum absolute atomic E-state index is 0.00586. The second-order valence-electron chi connectivity index (χ2n) is 6.16. The molecule has 1 aliphatic rings. The maximum absolute atomic E-state index is 12.4. The molecular formula is C16H24N4O3. The number of pyridine rings is 1. The first-order chi connectivity index (χ1) is 10.9. The average molecular weight is 320 g/mol. The summed E-state index contributed by atoms with van der Waals surface area (Å²) in [4.78, 5) is 39.6. The summed E-state index contributed by atoms with van der Waals surface area (Å²) >= 11 is 0. The number of rotatable bonds is 4. The quantitative estimate of drug-likeness (QED) is 0.824. The molecule has 1 aliphatic heterocycles. The first-order valence-electron chi connectivity index (χ1n) is 7.84. The molecule has 126 valence electrons. The zero-order chi connectivity index (χ0) is 17.0. The van der Waals surface area contributed by atoms with Gasteiger partial charge in [-0.15, -0.1) is 0 Å². The van der Waals surface area contributed by atoms with Gasteiger partial charge < -0.3 is 14.8 Å². The molecule has 2 amide bonds. The summed E-state index contributed by atoms with van der Waals surface area (Å²) in [6, 6.07) is 3.16. The van der Waals surface area contributed by atoms with Crippen LogP contribution in [0.15, 0.2) is 23.1 Å². The summed E-state index contributed by atoms with van der Waals surface area (Å²) < 4.78 is 1.43.